The Hall–Kier alpha value is -3.88. The zero-order chi connectivity index (χ0) is 30.9. The first-order valence-electron chi connectivity index (χ1n) is 14.6. The Balaban J connectivity index is 1.11. The number of aliphatic hydroxyl groups is 1. The van der Waals surface area contributed by atoms with Crippen molar-refractivity contribution in [3.05, 3.63) is 123 Å². The van der Waals surface area contributed by atoms with Gasteiger partial charge in [0, 0.05) is 62.1 Å². The fraction of sp³-hybridized carbons (Fsp3) is 0.257. The first-order valence-corrected chi connectivity index (χ1v) is 15.3. The molecule has 0 bridgehead atoms. The van der Waals surface area contributed by atoms with Crippen molar-refractivity contribution in [3.8, 4) is 17.4 Å². The van der Waals surface area contributed by atoms with Crippen molar-refractivity contribution in [3.63, 3.8) is 0 Å². The lowest BCUT2D eigenvalue weighted by Crippen LogP contribution is -2.47. The van der Waals surface area contributed by atoms with Crippen LogP contribution < -0.4 is 9.47 Å². The number of ether oxygens (including phenoxy) is 2. The highest BCUT2D eigenvalue weighted by Crippen LogP contribution is 2.34. The molecule has 9 heteroatoms. The molecule has 1 N–H and O–H groups in total. The minimum absolute atomic E-state index is 0.0202. The number of nitrogens with zero attached hydrogens (tertiary/aromatic N) is 3. The van der Waals surface area contributed by atoms with Crippen LogP contribution in [-0.4, -0.2) is 58.6 Å². The lowest BCUT2D eigenvalue weighted by molar-refractivity contribution is -0.127. The maximum absolute atomic E-state index is 12.9. The van der Waals surface area contributed by atoms with Crippen LogP contribution in [0, 0.1) is 6.92 Å². The smallest absolute Gasteiger partial charge is 0.246 e. The van der Waals surface area contributed by atoms with Gasteiger partial charge in [0.2, 0.25) is 11.8 Å². The fourth-order valence-electron chi connectivity index (χ4n) is 4.97. The second-order valence-corrected chi connectivity index (χ2v) is 11.5. The van der Waals surface area contributed by atoms with Crippen molar-refractivity contribution in [1.29, 1.82) is 0 Å². The summed E-state index contributed by atoms with van der Waals surface area (Å²) in [6, 6.07) is 23.1. The molecule has 1 amide bonds. The summed E-state index contributed by atoms with van der Waals surface area (Å²) in [5.41, 5.74) is 4.90. The second kappa shape index (κ2) is 15.2. The van der Waals surface area contributed by atoms with Crippen molar-refractivity contribution in [1.82, 2.24) is 14.8 Å². The van der Waals surface area contributed by atoms with E-state index in [0.717, 1.165) is 41.9 Å². The van der Waals surface area contributed by atoms with E-state index >= 15 is 0 Å². The fourth-order valence-corrected chi connectivity index (χ4v) is 5.48. The monoisotopic (exact) mass is 631 g/mol. The maximum Gasteiger partial charge on any atom is 0.246 e. The largest absolute Gasteiger partial charge is 0.487 e. The van der Waals surface area contributed by atoms with Gasteiger partial charge in [0.05, 0.1) is 11.2 Å². The molecule has 1 aromatic heterocycles. The molecule has 0 saturated carbocycles. The predicted octanol–water partition coefficient (Wildman–Crippen LogP) is 6.96. The Morgan fingerprint density at radius 1 is 0.955 bits per heavy atom. The number of aliphatic hydroxyl groups excluding tert-OH is 1. The van der Waals surface area contributed by atoms with Gasteiger partial charge in [0.25, 0.3) is 0 Å². The molecule has 228 valence electrons. The van der Waals surface area contributed by atoms with Crippen molar-refractivity contribution >= 4 is 35.2 Å². The van der Waals surface area contributed by atoms with Gasteiger partial charge in [0.15, 0.2) is 5.75 Å². The highest BCUT2D eigenvalue weighted by Gasteiger charge is 2.20. The summed E-state index contributed by atoms with van der Waals surface area (Å²) in [7, 11) is 0. The molecule has 1 aliphatic rings. The summed E-state index contributed by atoms with van der Waals surface area (Å²) in [4.78, 5) is 21.5. The number of aryl methyl sites for hydroxylation is 1. The second-order valence-electron chi connectivity index (χ2n) is 10.7. The van der Waals surface area contributed by atoms with Crippen LogP contribution in [0.3, 0.4) is 0 Å². The number of hydrogen-bond donors (Lipinski definition) is 1. The number of halogens is 2. The lowest BCUT2D eigenvalue weighted by Gasteiger charge is -2.34. The van der Waals surface area contributed by atoms with Gasteiger partial charge >= 0.3 is 0 Å². The van der Waals surface area contributed by atoms with Crippen LogP contribution in [0.15, 0.2) is 85.1 Å². The van der Waals surface area contributed by atoms with Gasteiger partial charge in [-0.1, -0.05) is 65.7 Å². The number of hydrogen-bond acceptors (Lipinski definition) is 6. The van der Waals surface area contributed by atoms with Gasteiger partial charge in [-0.2, -0.15) is 0 Å². The van der Waals surface area contributed by atoms with E-state index in [1.165, 1.54) is 5.56 Å². The Bertz CT molecular complexity index is 1560. The number of carbonyl (C=O) groups is 1. The van der Waals surface area contributed by atoms with E-state index in [4.69, 9.17) is 37.8 Å². The summed E-state index contributed by atoms with van der Waals surface area (Å²) >= 11 is 12.8. The quantitative estimate of drug-likeness (QED) is 0.180. The summed E-state index contributed by atoms with van der Waals surface area (Å²) < 4.78 is 11.8. The van der Waals surface area contributed by atoms with E-state index in [0.29, 0.717) is 53.5 Å². The van der Waals surface area contributed by atoms with Crippen LogP contribution in [0.2, 0.25) is 10.0 Å². The molecule has 2 heterocycles. The Kier molecular flexibility index (Phi) is 10.9. The van der Waals surface area contributed by atoms with Crippen molar-refractivity contribution in [2.75, 3.05) is 32.8 Å². The van der Waals surface area contributed by atoms with Gasteiger partial charge in [-0.3, -0.25) is 9.69 Å². The highest BCUT2D eigenvalue weighted by atomic mass is 35.5. The molecule has 1 fully saturated rings. The van der Waals surface area contributed by atoms with Gasteiger partial charge in [-0.25, -0.2) is 4.98 Å². The topological polar surface area (TPSA) is 75.1 Å². The molecule has 7 nitrogen and oxygen atoms in total. The molecule has 0 radical (unpaired) electrons. The number of amides is 1. The number of piperazine rings is 1. The number of benzene rings is 3. The summed E-state index contributed by atoms with van der Waals surface area (Å²) in [6.07, 6.45) is 5.65. The summed E-state index contributed by atoms with van der Waals surface area (Å²) in [5.74, 6) is 1.47. The van der Waals surface area contributed by atoms with E-state index in [-0.39, 0.29) is 12.5 Å². The third-order valence-corrected chi connectivity index (χ3v) is 8.10. The summed E-state index contributed by atoms with van der Waals surface area (Å²) in [5, 5.41) is 10.2. The van der Waals surface area contributed by atoms with Crippen LogP contribution in [0.25, 0.3) is 6.08 Å². The van der Waals surface area contributed by atoms with E-state index in [1.54, 1.807) is 36.5 Å². The van der Waals surface area contributed by atoms with Gasteiger partial charge in [-0.15, -0.1) is 0 Å². The van der Waals surface area contributed by atoms with Crippen LogP contribution in [-0.2, 0) is 24.4 Å². The third-order valence-electron chi connectivity index (χ3n) is 7.45. The molecule has 44 heavy (non-hydrogen) atoms. The highest BCUT2D eigenvalue weighted by molar-refractivity contribution is 6.32. The van der Waals surface area contributed by atoms with E-state index < -0.39 is 0 Å². The zero-order valence-corrected chi connectivity index (χ0v) is 26.1. The summed E-state index contributed by atoms with van der Waals surface area (Å²) in [6.45, 7) is 6.23. The van der Waals surface area contributed by atoms with Gasteiger partial charge in [-0.05, 0) is 65.9 Å². The molecule has 1 saturated heterocycles. The minimum Gasteiger partial charge on any atom is -0.487 e. The molecule has 0 unspecified atom stereocenters. The van der Waals surface area contributed by atoms with Crippen LogP contribution in [0.5, 0.6) is 17.4 Å². The molecule has 5 rings (SSSR count). The predicted molar refractivity (Wildman–Crippen MR) is 174 cm³/mol. The standard InChI is InChI=1S/C35H35Cl2N3O4/c1-25-20-28(10-13-34(42)40-17-15-39(16-18-40)23-27-8-6-26(7-9-27)14-19-41)21-32(37)35(25)44-33-12-11-30(22-38-33)43-24-29-4-2-3-5-31(29)36/h2-13,20-22,41H,14-19,23-24H2,1H3/b13-10+. The Morgan fingerprint density at radius 3 is 2.39 bits per heavy atom. The molecule has 3 aromatic carbocycles. The van der Waals surface area contributed by atoms with Crippen LogP contribution >= 0.6 is 23.2 Å². The Labute approximate surface area is 268 Å². The van der Waals surface area contributed by atoms with Gasteiger partial charge < -0.3 is 19.5 Å². The van der Waals surface area contributed by atoms with Crippen molar-refractivity contribution in [2.45, 2.75) is 26.5 Å². The molecule has 0 atom stereocenters. The zero-order valence-electron chi connectivity index (χ0n) is 24.6. The number of pyridine rings is 1. The Morgan fingerprint density at radius 2 is 1.70 bits per heavy atom. The minimum atomic E-state index is -0.0202. The van der Waals surface area contributed by atoms with Crippen molar-refractivity contribution < 1.29 is 19.4 Å². The van der Waals surface area contributed by atoms with Gasteiger partial charge in [0.1, 0.15) is 12.4 Å². The average molecular weight is 633 g/mol. The maximum atomic E-state index is 12.9. The molecular weight excluding hydrogens is 597 g/mol. The number of aromatic nitrogens is 1. The third kappa shape index (κ3) is 8.61. The first-order chi connectivity index (χ1) is 21.4. The lowest BCUT2D eigenvalue weighted by atomic mass is 10.1. The number of rotatable bonds is 11. The number of carbonyl (C=O) groups excluding carboxylic acids is 1. The SMILES string of the molecule is Cc1cc(/C=C/C(=O)N2CCN(Cc3ccc(CCO)cc3)CC2)cc(Cl)c1Oc1ccc(OCc2ccccc2Cl)cn1. The van der Waals surface area contributed by atoms with Crippen LogP contribution in [0.4, 0.5) is 0 Å². The molecule has 0 aliphatic carbocycles. The first kappa shape index (κ1) is 31.5. The van der Waals surface area contributed by atoms with E-state index in [2.05, 4.69) is 34.1 Å². The van der Waals surface area contributed by atoms with E-state index in [9.17, 15) is 4.79 Å². The van der Waals surface area contributed by atoms with Crippen molar-refractivity contribution in [2.24, 2.45) is 0 Å². The molecule has 1 aliphatic heterocycles. The molecule has 0 spiro atoms. The normalized spacial score (nSPS) is 13.8. The average Bonchev–Trinajstić information content (AvgIpc) is 3.03. The van der Waals surface area contributed by atoms with E-state index in [1.807, 2.05) is 42.2 Å². The van der Waals surface area contributed by atoms with Crippen LogP contribution in [0.1, 0.15) is 27.8 Å². The molecular formula is C35H35Cl2N3O4. The molecule has 4 aromatic rings.